The number of rotatable bonds is 9. The maximum atomic E-state index is 12.9. The zero-order valence-electron chi connectivity index (χ0n) is 26.7. The highest BCUT2D eigenvalue weighted by Crippen LogP contribution is 2.42. The van der Waals surface area contributed by atoms with Crippen molar-refractivity contribution in [3.05, 3.63) is 16.8 Å². The first-order chi connectivity index (χ1) is 21.5. The molecule has 0 amide bonds. The van der Waals surface area contributed by atoms with Crippen LogP contribution in [0.15, 0.2) is 0 Å². The van der Waals surface area contributed by atoms with E-state index in [1.807, 2.05) is 7.05 Å². The molecule has 2 fully saturated rings. The second-order valence-electron chi connectivity index (χ2n) is 11.8. The lowest BCUT2D eigenvalue weighted by Gasteiger charge is -2.43. The van der Waals surface area contributed by atoms with Crippen molar-refractivity contribution >= 4 is 34.9 Å². The van der Waals surface area contributed by atoms with E-state index in [1.54, 1.807) is 4.68 Å². The van der Waals surface area contributed by atoms with Gasteiger partial charge in [0.15, 0.2) is 24.0 Å². The zero-order chi connectivity index (χ0) is 32.4. The van der Waals surface area contributed by atoms with Crippen molar-refractivity contribution in [1.82, 2.24) is 19.7 Å². The Kier molecular flexibility index (Phi) is 9.92. The van der Waals surface area contributed by atoms with Gasteiger partial charge in [-0.25, -0.2) is 9.48 Å². The molecule has 0 spiro atoms. The number of fused-ring (bicyclic) bond motifs is 3. The second kappa shape index (κ2) is 13.7. The average molecular weight is 631 g/mol. The Morgan fingerprint density at radius 2 is 1.56 bits per heavy atom. The largest absolute Gasteiger partial charge is 0.467 e. The van der Waals surface area contributed by atoms with Gasteiger partial charge in [-0.05, 0) is 63.6 Å². The van der Waals surface area contributed by atoms with Crippen molar-refractivity contribution in [1.29, 1.82) is 0 Å². The van der Waals surface area contributed by atoms with Crippen molar-refractivity contribution in [3.8, 4) is 5.88 Å². The number of hydrogen-bond donors (Lipinski definition) is 0. The lowest BCUT2D eigenvalue weighted by Crippen LogP contribution is -2.64. The molecule has 0 saturated carbocycles. The minimum atomic E-state index is -1.56. The van der Waals surface area contributed by atoms with E-state index in [0.717, 1.165) is 94.8 Å². The Labute approximate surface area is 261 Å². The van der Waals surface area contributed by atoms with E-state index in [0.29, 0.717) is 12.1 Å². The Bertz CT molecular complexity index is 1460. The molecule has 0 radical (unpaired) electrons. The van der Waals surface area contributed by atoms with Gasteiger partial charge in [-0.1, -0.05) is 6.92 Å². The summed E-state index contributed by atoms with van der Waals surface area (Å²) < 4.78 is 35.6. The number of aromatic nitrogens is 3. The van der Waals surface area contributed by atoms with Crippen LogP contribution in [0.2, 0.25) is 0 Å². The van der Waals surface area contributed by atoms with Crippen molar-refractivity contribution in [2.75, 3.05) is 20.2 Å². The molecule has 0 N–H and O–H groups in total. The molecule has 0 bridgehead atoms. The number of nitrogens with zero attached hydrogens (tertiary/aromatic N) is 4. The summed E-state index contributed by atoms with van der Waals surface area (Å²) in [5.41, 5.74) is 3.65. The first-order valence-corrected chi connectivity index (χ1v) is 15.6. The predicted octanol–water partition coefficient (Wildman–Crippen LogP) is 2.47. The fraction of sp³-hybridized carbons (Fsp3) is 0.677. The van der Waals surface area contributed by atoms with Gasteiger partial charge >= 0.3 is 23.9 Å². The standard InChI is InChI=1S/C31H42N4O10/c1-7-14-35-15-10-13-21(35)23-22-19-11-8-9-12-20(19)29(32-28(22)34(5)33-23)45-31-27(43-18(4)38)25(42-17(3)37)24(41-16(2)36)26(44-31)30(39)40-6/h21,24-27,31H,7-15H2,1-6H3/t21-,24-,25-,26-,27+,31-/m0/s1. The third kappa shape index (κ3) is 6.62. The maximum Gasteiger partial charge on any atom is 0.339 e. The summed E-state index contributed by atoms with van der Waals surface area (Å²) >= 11 is 0. The van der Waals surface area contributed by atoms with Gasteiger partial charge in [0.05, 0.1) is 18.8 Å². The maximum absolute atomic E-state index is 12.9. The summed E-state index contributed by atoms with van der Waals surface area (Å²) in [5, 5.41) is 6.01. The van der Waals surface area contributed by atoms with E-state index < -0.39 is 54.6 Å². The van der Waals surface area contributed by atoms with Crippen LogP contribution in [-0.4, -0.2) is 94.4 Å². The Morgan fingerprint density at radius 3 is 2.20 bits per heavy atom. The number of methoxy groups -OCH3 is 1. The van der Waals surface area contributed by atoms with Crippen LogP contribution < -0.4 is 4.74 Å². The van der Waals surface area contributed by atoms with Crippen LogP contribution >= 0.6 is 0 Å². The molecule has 0 aromatic carbocycles. The smallest absolute Gasteiger partial charge is 0.339 e. The molecule has 4 heterocycles. The molecule has 45 heavy (non-hydrogen) atoms. The number of carbonyl (C=O) groups excluding carboxylic acids is 4. The minimum absolute atomic E-state index is 0.201. The van der Waals surface area contributed by atoms with E-state index in [1.165, 1.54) is 6.92 Å². The van der Waals surface area contributed by atoms with Gasteiger partial charge in [0.2, 0.25) is 18.3 Å². The highest BCUT2D eigenvalue weighted by Gasteiger charge is 2.56. The predicted molar refractivity (Wildman–Crippen MR) is 157 cm³/mol. The van der Waals surface area contributed by atoms with E-state index in [-0.39, 0.29) is 11.9 Å². The molecule has 6 atom stereocenters. The average Bonchev–Trinajstić information content (AvgIpc) is 3.58. The van der Waals surface area contributed by atoms with Gasteiger partial charge in [-0.15, -0.1) is 0 Å². The van der Waals surface area contributed by atoms with Crippen LogP contribution in [0.25, 0.3) is 11.0 Å². The topological polar surface area (TPSA) is 158 Å². The van der Waals surface area contributed by atoms with Gasteiger partial charge < -0.3 is 28.4 Å². The molecule has 2 aromatic heterocycles. The van der Waals surface area contributed by atoms with Crippen molar-refractivity contribution in [2.24, 2.45) is 7.05 Å². The molecular weight excluding hydrogens is 588 g/mol. The van der Waals surface area contributed by atoms with Crippen LogP contribution in [-0.2, 0) is 62.8 Å². The fourth-order valence-electron chi connectivity index (χ4n) is 6.84. The highest BCUT2D eigenvalue weighted by molar-refractivity contribution is 5.85. The Balaban J connectivity index is 1.60. The number of ether oxygens (including phenoxy) is 6. The molecule has 0 unspecified atom stereocenters. The van der Waals surface area contributed by atoms with Gasteiger partial charge in [-0.2, -0.15) is 10.1 Å². The normalized spacial score (nSPS) is 26.6. The van der Waals surface area contributed by atoms with Crippen LogP contribution in [0.3, 0.4) is 0 Å². The number of carbonyl (C=O) groups is 4. The number of likely N-dealkylation sites (tertiary alicyclic amines) is 1. The molecule has 2 aromatic rings. The Hall–Kier alpha value is -3.78. The summed E-state index contributed by atoms with van der Waals surface area (Å²) in [5.74, 6) is -2.93. The molecule has 246 valence electrons. The summed E-state index contributed by atoms with van der Waals surface area (Å²) in [7, 11) is 2.99. The summed E-state index contributed by atoms with van der Waals surface area (Å²) in [6, 6.07) is 0.201. The van der Waals surface area contributed by atoms with Crippen LogP contribution in [0, 0.1) is 0 Å². The molecule has 14 heteroatoms. The summed E-state index contributed by atoms with van der Waals surface area (Å²) in [6.45, 7) is 7.65. The lowest BCUT2D eigenvalue weighted by molar-refractivity contribution is -0.283. The molecule has 5 rings (SSSR count). The number of hydrogen-bond acceptors (Lipinski definition) is 13. The van der Waals surface area contributed by atoms with Gasteiger partial charge in [-0.3, -0.25) is 19.3 Å². The van der Waals surface area contributed by atoms with E-state index >= 15 is 0 Å². The quantitative estimate of drug-likeness (QED) is 0.294. The number of aryl methyl sites for hydroxylation is 2. The van der Waals surface area contributed by atoms with Gasteiger partial charge in [0.25, 0.3) is 0 Å². The molecular formula is C31H42N4O10. The monoisotopic (exact) mass is 630 g/mol. The summed E-state index contributed by atoms with van der Waals surface area (Å²) in [6.07, 6.45) is -0.826. The van der Waals surface area contributed by atoms with Crippen molar-refractivity contribution in [3.63, 3.8) is 0 Å². The lowest BCUT2D eigenvalue weighted by atomic mass is 9.89. The number of esters is 4. The van der Waals surface area contributed by atoms with Gasteiger partial charge in [0.1, 0.15) is 0 Å². The first-order valence-electron chi connectivity index (χ1n) is 15.6. The van der Waals surface area contributed by atoms with Crippen LogP contribution in [0.5, 0.6) is 5.88 Å². The van der Waals surface area contributed by atoms with E-state index in [4.69, 9.17) is 38.5 Å². The molecule has 14 nitrogen and oxygen atoms in total. The fourth-order valence-corrected chi connectivity index (χ4v) is 6.84. The second-order valence-corrected chi connectivity index (χ2v) is 11.8. The molecule has 1 aliphatic carbocycles. The highest BCUT2D eigenvalue weighted by atomic mass is 16.7. The Morgan fingerprint density at radius 1 is 0.911 bits per heavy atom. The van der Waals surface area contributed by atoms with Gasteiger partial charge in [0, 0.05) is 38.8 Å². The van der Waals surface area contributed by atoms with Crippen molar-refractivity contribution < 1.29 is 47.6 Å². The number of pyridine rings is 1. The minimum Gasteiger partial charge on any atom is -0.467 e. The van der Waals surface area contributed by atoms with E-state index in [2.05, 4.69) is 11.8 Å². The first kappa shape index (κ1) is 32.6. The third-order valence-corrected chi connectivity index (χ3v) is 8.53. The SMILES string of the molecule is CCCN1CCC[C@H]1c1nn(C)c2nc(O[C@@H]3O[C@H](C(=O)OC)[C@@H](OC(C)=O)[C@H](OC(C)=O)[C@H]3OC(C)=O)c3c(c12)CCCC3. The molecule has 2 aliphatic heterocycles. The van der Waals surface area contributed by atoms with E-state index in [9.17, 15) is 19.2 Å². The third-order valence-electron chi connectivity index (χ3n) is 8.53. The zero-order valence-corrected chi connectivity index (χ0v) is 26.7. The van der Waals surface area contributed by atoms with Crippen molar-refractivity contribution in [2.45, 2.75) is 109 Å². The summed E-state index contributed by atoms with van der Waals surface area (Å²) in [4.78, 5) is 56.9. The molecule has 2 saturated heterocycles. The van der Waals surface area contributed by atoms with Crippen LogP contribution in [0.4, 0.5) is 0 Å². The van der Waals surface area contributed by atoms with Crippen LogP contribution in [0.1, 0.15) is 82.7 Å². The molecule has 3 aliphatic rings.